The summed E-state index contributed by atoms with van der Waals surface area (Å²) in [5.74, 6) is 0. The molecule has 0 saturated heterocycles. The summed E-state index contributed by atoms with van der Waals surface area (Å²) >= 11 is 0. The van der Waals surface area contributed by atoms with Gasteiger partial charge in [-0.15, -0.1) is 0 Å². The van der Waals surface area contributed by atoms with Crippen LogP contribution in [-0.4, -0.2) is 6.21 Å². The van der Waals surface area contributed by atoms with Crippen molar-refractivity contribution >= 4 is 6.21 Å². The normalized spacial score (nSPS) is 10.5. The van der Waals surface area contributed by atoms with Gasteiger partial charge in [0, 0.05) is 18.1 Å². The zero-order valence-electron chi connectivity index (χ0n) is 6.96. The first-order chi connectivity index (χ1) is 4.77. The van der Waals surface area contributed by atoms with Crippen molar-refractivity contribution in [2.45, 2.75) is 20.8 Å². The molecule has 0 saturated carbocycles. The summed E-state index contributed by atoms with van der Waals surface area (Å²) in [7, 11) is 0. The van der Waals surface area contributed by atoms with Gasteiger partial charge in [-0.1, -0.05) is 20.4 Å². The van der Waals surface area contributed by atoms with Crippen LogP contribution in [-0.2, 0) is 0 Å². The number of hydrogen-bond acceptors (Lipinski definition) is 2. The molecule has 0 bridgehead atoms. The summed E-state index contributed by atoms with van der Waals surface area (Å²) in [5, 5.41) is 0. The van der Waals surface area contributed by atoms with Gasteiger partial charge >= 0.3 is 0 Å². The first-order valence-corrected chi connectivity index (χ1v) is 3.34. The topological polar surface area (TPSA) is 38.4 Å². The van der Waals surface area contributed by atoms with E-state index >= 15 is 0 Å². The van der Waals surface area contributed by atoms with Crippen molar-refractivity contribution < 1.29 is 0 Å². The number of nitrogens with zero attached hydrogens (tertiary/aromatic N) is 1. The van der Waals surface area contributed by atoms with Crippen molar-refractivity contribution in [2.75, 3.05) is 0 Å². The van der Waals surface area contributed by atoms with E-state index in [1.807, 2.05) is 13.8 Å². The van der Waals surface area contributed by atoms with Gasteiger partial charge < -0.3 is 5.73 Å². The summed E-state index contributed by atoms with van der Waals surface area (Å²) < 4.78 is 0. The molecule has 0 aliphatic heterocycles. The van der Waals surface area contributed by atoms with E-state index in [1.165, 1.54) is 6.20 Å². The van der Waals surface area contributed by atoms with Gasteiger partial charge in [0.15, 0.2) is 0 Å². The van der Waals surface area contributed by atoms with Crippen molar-refractivity contribution in [2.24, 2.45) is 10.7 Å². The van der Waals surface area contributed by atoms with Gasteiger partial charge in [0.05, 0.1) is 0 Å². The molecule has 0 fully saturated rings. The van der Waals surface area contributed by atoms with Gasteiger partial charge in [-0.2, -0.15) is 0 Å². The van der Waals surface area contributed by atoms with E-state index < -0.39 is 0 Å². The first kappa shape index (κ1) is 11.7. The van der Waals surface area contributed by atoms with Crippen LogP contribution in [0.5, 0.6) is 0 Å². The fraction of sp³-hybridized carbons (Fsp3) is 0.375. The number of rotatable bonds is 2. The summed E-state index contributed by atoms with van der Waals surface area (Å²) in [4.78, 5) is 3.69. The lowest BCUT2D eigenvalue weighted by Crippen LogP contribution is -1.89. The molecule has 0 unspecified atom stereocenters. The van der Waals surface area contributed by atoms with E-state index in [0.717, 1.165) is 5.70 Å². The van der Waals surface area contributed by atoms with Gasteiger partial charge in [-0.3, -0.25) is 4.99 Å². The highest BCUT2D eigenvalue weighted by atomic mass is 14.7. The fourth-order valence-electron chi connectivity index (χ4n) is 0.221. The van der Waals surface area contributed by atoms with Gasteiger partial charge in [0.25, 0.3) is 0 Å². The molecule has 0 amide bonds. The van der Waals surface area contributed by atoms with E-state index in [0.29, 0.717) is 0 Å². The third kappa shape index (κ3) is 15.8. The van der Waals surface area contributed by atoms with Crippen molar-refractivity contribution in [3.8, 4) is 0 Å². The number of hydrogen-bond donors (Lipinski definition) is 1. The van der Waals surface area contributed by atoms with Gasteiger partial charge in [0.2, 0.25) is 0 Å². The second kappa shape index (κ2) is 10.8. The zero-order chi connectivity index (χ0) is 8.41. The first-order valence-electron chi connectivity index (χ1n) is 3.34. The Morgan fingerprint density at radius 1 is 1.50 bits per heavy atom. The van der Waals surface area contributed by atoms with Crippen LogP contribution in [0.15, 0.2) is 29.5 Å². The number of nitrogens with two attached hydrogens (primary N) is 1. The SMILES string of the molecule is C=CN=C/C=C(\C)N.CC. The Hall–Kier alpha value is -1.05. The summed E-state index contributed by atoms with van der Waals surface area (Å²) in [6.07, 6.45) is 4.77. The molecule has 0 atom stereocenters. The van der Waals surface area contributed by atoms with Crippen LogP contribution in [0.1, 0.15) is 20.8 Å². The Labute approximate surface area is 63.2 Å². The van der Waals surface area contributed by atoms with Crippen LogP contribution >= 0.6 is 0 Å². The second-order valence-electron chi connectivity index (χ2n) is 1.39. The molecule has 2 N–H and O–H groups in total. The standard InChI is InChI=1S/C6H10N2.C2H6/c1-3-8-5-4-6(2)7;1-2/h3-5H,1,7H2,2H3;1-2H3/b6-4+,8-5?;. The maximum atomic E-state index is 5.27. The van der Waals surface area contributed by atoms with E-state index in [9.17, 15) is 0 Å². The lowest BCUT2D eigenvalue weighted by Gasteiger charge is -1.79. The van der Waals surface area contributed by atoms with Crippen LogP contribution in [0.25, 0.3) is 0 Å². The third-order valence-electron chi connectivity index (χ3n) is 0.529. The second-order valence-corrected chi connectivity index (χ2v) is 1.39. The largest absolute Gasteiger partial charge is 0.402 e. The molecule has 0 aromatic carbocycles. The fourth-order valence-corrected chi connectivity index (χ4v) is 0.221. The molecule has 0 aliphatic rings. The van der Waals surface area contributed by atoms with Crippen molar-refractivity contribution in [3.05, 3.63) is 24.6 Å². The van der Waals surface area contributed by atoms with E-state index in [4.69, 9.17) is 5.73 Å². The Bertz CT molecular complexity index is 119. The summed E-state index contributed by atoms with van der Waals surface area (Å²) in [6.45, 7) is 9.19. The van der Waals surface area contributed by atoms with Gasteiger partial charge in [0.1, 0.15) is 0 Å². The minimum absolute atomic E-state index is 0.746. The Balaban J connectivity index is 0. The molecule has 2 nitrogen and oxygen atoms in total. The van der Waals surface area contributed by atoms with Crippen molar-refractivity contribution in [1.29, 1.82) is 0 Å². The highest BCUT2D eigenvalue weighted by molar-refractivity contribution is 5.72. The molecule has 0 rings (SSSR count). The Kier molecular flexibility index (Phi) is 12.7. The monoisotopic (exact) mass is 140 g/mol. The van der Waals surface area contributed by atoms with Crippen LogP contribution in [0.2, 0.25) is 0 Å². The number of aliphatic imine (C=N–C) groups is 1. The lowest BCUT2D eigenvalue weighted by atomic mass is 10.5. The molecule has 10 heavy (non-hydrogen) atoms. The molecule has 0 heterocycles. The maximum Gasteiger partial charge on any atom is 0.0284 e. The smallest absolute Gasteiger partial charge is 0.0284 e. The molecule has 58 valence electrons. The highest BCUT2D eigenvalue weighted by Gasteiger charge is 1.67. The average Bonchev–Trinajstić information content (AvgIpc) is 1.92. The predicted octanol–water partition coefficient (Wildman–Crippen LogP) is 2.09. The zero-order valence-corrected chi connectivity index (χ0v) is 6.96. The lowest BCUT2D eigenvalue weighted by molar-refractivity contribution is 1.33. The minimum Gasteiger partial charge on any atom is -0.402 e. The van der Waals surface area contributed by atoms with Crippen molar-refractivity contribution in [1.82, 2.24) is 0 Å². The molecule has 0 aromatic heterocycles. The van der Waals surface area contributed by atoms with E-state index in [-0.39, 0.29) is 0 Å². The Morgan fingerprint density at radius 2 is 2.00 bits per heavy atom. The molecule has 2 heteroatoms. The van der Waals surface area contributed by atoms with Crippen LogP contribution in [0, 0.1) is 0 Å². The summed E-state index contributed by atoms with van der Waals surface area (Å²) in [6, 6.07) is 0. The molecule has 0 aliphatic carbocycles. The van der Waals surface area contributed by atoms with E-state index in [1.54, 1.807) is 19.2 Å². The van der Waals surface area contributed by atoms with Gasteiger partial charge in [-0.05, 0) is 13.0 Å². The van der Waals surface area contributed by atoms with Crippen LogP contribution < -0.4 is 5.73 Å². The summed E-state index contributed by atoms with van der Waals surface area (Å²) in [5.41, 5.74) is 6.01. The number of allylic oxidation sites excluding steroid dienone is 2. The Morgan fingerprint density at radius 3 is 2.30 bits per heavy atom. The quantitative estimate of drug-likeness (QED) is 0.586. The molecule has 0 radical (unpaired) electrons. The average molecular weight is 140 g/mol. The maximum absolute atomic E-state index is 5.27. The molecular weight excluding hydrogens is 124 g/mol. The van der Waals surface area contributed by atoms with Crippen molar-refractivity contribution in [3.63, 3.8) is 0 Å². The highest BCUT2D eigenvalue weighted by Crippen LogP contribution is 1.74. The van der Waals surface area contributed by atoms with Crippen LogP contribution in [0.3, 0.4) is 0 Å². The molecule has 0 spiro atoms. The third-order valence-corrected chi connectivity index (χ3v) is 0.529. The molecular formula is C8H16N2. The van der Waals surface area contributed by atoms with E-state index in [2.05, 4.69) is 11.6 Å². The molecule has 0 aromatic rings. The van der Waals surface area contributed by atoms with Gasteiger partial charge in [-0.25, -0.2) is 0 Å². The minimum atomic E-state index is 0.746. The van der Waals surface area contributed by atoms with Crippen LogP contribution in [0.4, 0.5) is 0 Å². The predicted molar refractivity (Wildman–Crippen MR) is 48.0 cm³/mol.